The smallest absolute Gasteiger partial charge is 0.263 e. The van der Waals surface area contributed by atoms with Crippen LogP contribution < -0.4 is 10.1 Å². The van der Waals surface area contributed by atoms with Crippen molar-refractivity contribution < 1.29 is 13.9 Å². The summed E-state index contributed by atoms with van der Waals surface area (Å²) in [6.45, 7) is -0.283. The Morgan fingerprint density at radius 3 is 2.95 bits per heavy atom. The number of aryl methyl sites for hydroxylation is 1. The van der Waals surface area contributed by atoms with Crippen LogP contribution in [0.1, 0.15) is 0 Å². The van der Waals surface area contributed by atoms with E-state index in [-0.39, 0.29) is 12.4 Å². The van der Waals surface area contributed by atoms with Gasteiger partial charge in [0.05, 0.1) is 0 Å². The van der Waals surface area contributed by atoms with Crippen molar-refractivity contribution >= 4 is 27.7 Å². The monoisotopic (exact) mass is 327 g/mol. The van der Waals surface area contributed by atoms with Crippen LogP contribution in [-0.2, 0) is 11.8 Å². The van der Waals surface area contributed by atoms with Crippen molar-refractivity contribution in [2.24, 2.45) is 7.05 Å². The van der Waals surface area contributed by atoms with E-state index in [4.69, 9.17) is 4.74 Å². The molecule has 0 aliphatic carbocycles. The van der Waals surface area contributed by atoms with Gasteiger partial charge in [-0.1, -0.05) is 15.9 Å². The molecule has 2 aromatic rings. The number of ether oxygens (including phenoxy) is 1. The molecular formula is C12H11BrFN3O2. The number of hydrogen-bond acceptors (Lipinski definition) is 3. The van der Waals surface area contributed by atoms with Crippen LogP contribution in [0.3, 0.4) is 0 Å². The summed E-state index contributed by atoms with van der Waals surface area (Å²) >= 11 is 3.14. The first-order valence-electron chi connectivity index (χ1n) is 5.42. The molecule has 5 nitrogen and oxygen atoms in total. The Labute approximate surface area is 117 Å². The molecule has 1 N–H and O–H groups in total. The highest BCUT2D eigenvalue weighted by atomic mass is 79.9. The van der Waals surface area contributed by atoms with Gasteiger partial charge in [0, 0.05) is 23.8 Å². The van der Waals surface area contributed by atoms with Crippen molar-refractivity contribution in [2.75, 3.05) is 11.9 Å². The lowest BCUT2D eigenvalue weighted by atomic mass is 10.3. The Bertz CT molecular complexity index is 600. The van der Waals surface area contributed by atoms with Gasteiger partial charge < -0.3 is 10.1 Å². The van der Waals surface area contributed by atoms with Gasteiger partial charge in [0.2, 0.25) is 0 Å². The van der Waals surface area contributed by atoms with Crippen LogP contribution in [0.25, 0.3) is 0 Å². The van der Waals surface area contributed by atoms with Gasteiger partial charge >= 0.3 is 0 Å². The molecule has 100 valence electrons. The lowest BCUT2D eigenvalue weighted by Gasteiger charge is -2.07. The Morgan fingerprint density at radius 2 is 2.32 bits per heavy atom. The van der Waals surface area contributed by atoms with Gasteiger partial charge in [0.1, 0.15) is 0 Å². The first kappa shape index (κ1) is 13.5. The number of halogens is 2. The van der Waals surface area contributed by atoms with Crippen molar-refractivity contribution in [3.8, 4) is 5.75 Å². The third-order valence-electron chi connectivity index (χ3n) is 2.23. The van der Waals surface area contributed by atoms with Crippen LogP contribution in [0.15, 0.2) is 34.9 Å². The van der Waals surface area contributed by atoms with Crippen LogP contribution >= 0.6 is 15.9 Å². The molecule has 0 bridgehead atoms. The molecular weight excluding hydrogens is 317 g/mol. The second-order valence-electron chi connectivity index (χ2n) is 3.79. The summed E-state index contributed by atoms with van der Waals surface area (Å²) < 4.78 is 20.7. The molecule has 0 saturated carbocycles. The SMILES string of the molecule is Cn1ccc(NC(=O)COc2ccc(Br)cc2F)n1. The number of hydrogen-bond donors (Lipinski definition) is 1. The van der Waals surface area contributed by atoms with Gasteiger partial charge in [-0.3, -0.25) is 9.48 Å². The fourth-order valence-corrected chi connectivity index (χ4v) is 1.73. The third kappa shape index (κ3) is 3.78. The summed E-state index contributed by atoms with van der Waals surface area (Å²) in [6.07, 6.45) is 1.70. The molecule has 2 rings (SSSR count). The van der Waals surface area contributed by atoms with Gasteiger partial charge in [0.15, 0.2) is 24.0 Å². The zero-order valence-corrected chi connectivity index (χ0v) is 11.6. The molecule has 1 aromatic heterocycles. The maximum absolute atomic E-state index is 13.4. The third-order valence-corrected chi connectivity index (χ3v) is 2.73. The predicted octanol–water partition coefficient (Wildman–Crippen LogP) is 2.34. The highest BCUT2D eigenvalue weighted by molar-refractivity contribution is 9.10. The Balaban J connectivity index is 1.89. The average molecular weight is 328 g/mol. The van der Waals surface area contributed by atoms with E-state index in [1.807, 2.05) is 0 Å². The van der Waals surface area contributed by atoms with Crippen LogP contribution in [0.2, 0.25) is 0 Å². The number of nitrogens with one attached hydrogen (secondary N) is 1. The molecule has 0 unspecified atom stereocenters. The molecule has 0 saturated heterocycles. The van der Waals surface area contributed by atoms with Crippen LogP contribution in [-0.4, -0.2) is 22.3 Å². The summed E-state index contributed by atoms with van der Waals surface area (Å²) in [5, 5.41) is 6.52. The van der Waals surface area contributed by atoms with Gasteiger partial charge in [-0.05, 0) is 18.2 Å². The number of nitrogens with zero attached hydrogens (tertiary/aromatic N) is 2. The number of benzene rings is 1. The molecule has 0 atom stereocenters. The number of carbonyl (C=O) groups excluding carboxylic acids is 1. The molecule has 1 heterocycles. The second kappa shape index (κ2) is 5.83. The van der Waals surface area contributed by atoms with Crippen LogP contribution in [0.5, 0.6) is 5.75 Å². The standard InChI is InChI=1S/C12H11BrFN3O2/c1-17-5-4-11(16-17)15-12(18)7-19-10-3-2-8(13)6-9(10)14/h2-6H,7H2,1H3,(H,15,16,18). The summed E-state index contributed by atoms with van der Waals surface area (Å²) in [5.74, 6) is -0.479. The second-order valence-corrected chi connectivity index (χ2v) is 4.70. The topological polar surface area (TPSA) is 56.2 Å². The highest BCUT2D eigenvalue weighted by Gasteiger charge is 2.08. The van der Waals surface area contributed by atoms with E-state index in [2.05, 4.69) is 26.3 Å². The highest BCUT2D eigenvalue weighted by Crippen LogP contribution is 2.21. The zero-order chi connectivity index (χ0) is 13.8. The average Bonchev–Trinajstić information content (AvgIpc) is 2.73. The Kier molecular flexibility index (Phi) is 4.16. The maximum Gasteiger partial charge on any atom is 0.263 e. The van der Waals surface area contributed by atoms with Crippen molar-refractivity contribution in [3.05, 3.63) is 40.8 Å². The largest absolute Gasteiger partial charge is 0.481 e. The quantitative estimate of drug-likeness (QED) is 0.937. The van der Waals surface area contributed by atoms with E-state index in [9.17, 15) is 9.18 Å². The van der Waals surface area contributed by atoms with Gasteiger partial charge in [0.25, 0.3) is 5.91 Å². The normalized spacial score (nSPS) is 10.3. The van der Waals surface area contributed by atoms with E-state index in [1.54, 1.807) is 30.1 Å². The zero-order valence-electron chi connectivity index (χ0n) is 10.1. The minimum atomic E-state index is -0.528. The number of rotatable bonds is 4. The van der Waals surface area contributed by atoms with E-state index in [0.717, 1.165) is 0 Å². The number of carbonyl (C=O) groups is 1. The lowest BCUT2D eigenvalue weighted by Crippen LogP contribution is -2.20. The minimum Gasteiger partial charge on any atom is -0.481 e. The van der Waals surface area contributed by atoms with Crippen molar-refractivity contribution in [2.45, 2.75) is 0 Å². The molecule has 19 heavy (non-hydrogen) atoms. The lowest BCUT2D eigenvalue weighted by molar-refractivity contribution is -0.118. The Hall–Kier alpha value is -1.89. The summed E-state index contributed by atoms with van der Waals surface area (Å²) in [5.41, 5.74) is 0. The van der Waals surface area contributed by atoms with Crippen molar-refractivity contribution in [3.63, 3.8) is 0 Å². The molecule has 1 amide bonds. The molecule has 0 fully saturated rings. The van der Waals surface area contributed by atoms with E-state index in [1.165, 1.54) is 12.1 Å². The number of anilines is 1. The summed E-state index contributed by atoms with van der Waals surface area (Å²) in [4.78, 5) is 11.6. The van der Waals surface area contributed by atoms with Gasteiger partial charge in [-0.15, -0.1) is 0 Å². The number of amides is 1. The fraction of sp³-hybridized carbons (Fsp3) is 0.167. The van der Waals surface area contributed by atoms with Crippen molar-refractivity contribution in [1.29, 1.82) is 0 Å². The van der Waals surface area contributed by atoms with E-state index < -0.39 is 11.7 Å². The molecule has 0 radical (unpaired) electrons. The van der Waals surface area contributed by atoms with Crippen LogP contribution in [0.4, 0.5) is 10.2 Å². The van der Waals surface area contributed by atoms with E-state index >= 15 is 0 Å². The Morgan fingerprint density at radius 1 is 1.53 bits per heavy atom. The minimum absolute atomic E-state index is 0.0272. The predicted molar refractivity (Wildman–Crippen MR) is 71.4 cm³/mol. The molecule has 0 aliphatic rings. The summed E-state index contributed by atoms with van der Waals surface area (Å²) in [7, 11) is 1.74. The van der Waals surface area contributed by atoms with Gasteiger partial charge in [-0.2, -0.15) is 5.10 Å². The molecule has 0 spiro atoms. The maximum atomic E-state index is 13.4. The molecule has 0 aliphatic heterocycles. The fourth-order valence-electron chi connectivity index (χ4n) is 1.40. The van der Waals surface area contributed by atoms with Crippen molar-refractivity contribution in [1.82, 2.24) is 9.78 Å². The number of aromatic nitrogens is 2. The summed E-state index contributed by atoms with van der Waals surface area (Å²) in [6, 6.07) is 6.01. The first-order chi connectivity index (χ1) is 9.04. The molecule has 1 aromatic carbocycles. The van der Waals surface area contributed by atoms with Gasteiger partial charge in [-0.25, -0.2) is 4.39 Å². The van der Waals surface area contributed by atoms with E-state index in [0.29, 0.717) is 10.3 Å². The van der Waals surface area contributed by atoms with Crippen LogP contribution in [0, 0.1) is 5.82 Å². The molecule has 7 heteroatoms. The first-order valence-corrected chi connectivity index (χ1v) is 6.21.